The molecule has 0 bridgehead atoms. The Balaban J connectivity index is 0.00000196. The standard InChI is InChI=1S/C10H14N2O2.ClH/c11-9-5-8(6-12-7-9)3-1-2-4-10(13)14;/h5-7H,1-4,11H2,(H,13,14);1H. The van der Waals surface area contributed by atoms with E-state index in [0.717, 1.165) is 18.4 Å². The number of nitrogen functional groups attached to an aromatic ring is 1. The maximum atomic E-state index is 10.2. The van der Waals surface area contributed by atoms with Gasteiger partial charge < -0.3 is 10.8 Å². The first-order valence-corrected chi connectivity index (χ1v) is 4.59. The summed E-state index contributed by atoms with van der Waals surface area (Å²) in [5.74, 6) is -0.740. The first kappa shape index (κ1) is 13.7. The zero-order valence-electron chi connectivity index (χ0n) is 8.35. The molecule has 3 N–H and O–H groups in total. The second-order valence-corrected chi connectivity index (χ2v) is 3.23. The number of carbonyl (C=O) groups is 1. The number of unbranched alkanes of at least 4 members (excludes halogenated alkanes) is 1. The van der Waals surface area contributed by atoms with Crippen molar-refractivity contribution in [3.8, 4) is 0 Å². The number of pyridine rings is 1. The molecule has 0 aliphatic carbocycles. The summed E-state index contributed by atoms with van der Waals surface area (Å²) in [6.07, 6.45) is 5.99. The number of rotatable bonds is 5. The van der Waals surface area contributed by atoms with E-state index in [1.165, 1.54) is 0 Å². The molecule has 0 aromatic carbocycles. The minimum absolute atomic E-state index is 0. The summed E-state index contributed by atoms with van der Waals surface area (Å²) < 4.78 is 0. The lowest BCUT2D eigenvalue weighted by molar-refractivity contribution is -0.137. The molecule has 0 saturated carbocycles. The smallest absolute Gasteiger partial charge is 0.303 e. The Morgan fingerprint density at radius 2 is 2.13 bits per heavy atom. The van der Waals surface area contributed by atoms with Gasteiger partial charge in [-0.05, 0) is 30.9 Å². The van der Waals surface area contributed by atoms with Crippen LogP contribution in [0.15, 0.2) is 18.5 Å². The average molecular weight is 231 g/mol. The highest BCUT2D eigenvalue weighted by Crippen LogP contribution is 2.08. The van der Waals surface area contributed by atoms with Crippen LogP contribution < -0.4 is 5.73 Å². The van der Waals surface area contributed by atoms with E-state index in [1.807, 2.05) is 6.07 Å². The van der Waals surface area contributed by atoms with Crippen LogP contribution in [0.2, 0.25) is 0 Å². The van der Waals surface area contributed by atoms with E-state index >= 15 is 0 Å². The molecule has 15 heavy (non-hydrogen) atoms. The molecule has 0 spiro atoms. The summed E-state index contributed by atoms with van der Waals surface area (Å²) in [7, 11) is 0. The van der Waals surface area contributed by atoms with Crippen LogP contribution in [0.5, 0.6) is 0 Å². The lowest BCUT2D eigenvalue weighted by Crippen LogP contribution is -1.96. The van der Waals surface area contributed by atoms with Gasteiger partial charge in [-0.1, -0.05) is 0 Å². The summed E-state index contributed by atoms with van der Waals surface area (Å²) in [6, 6.07) is 1.87. The number of hydrogen-bond donors (Lipinski definition) is 2. The van der Waals surface area contributed by atoms with Crippen molar-refractivity contribution >= 4 is 24.1 Å². The second kappa shape index (κ2) is 7.06. The van der Waals surface area contributed by atoms with Crippen molar-refractivity contribution in [3.63, 3.8) is 0 Å². The van der Waals surface area contributed by atoms with Crippen molar-refractivity contribution in [1.82, 2.24) is 4.98 Å². The monoisotopic (exact) mass is 230 g/mol. The summed E-state index contributed by atoms with van der Waals surface area (Å²) in [6.45, 7) is 0. The molecule has 0 saturated heterocycles. The number of anilines is 1. The largest absolute Gasteiger partial charge is 0.481 e. The first-order valence-electron chi connectivity index (χ1n) is 4.59. The van der Waals surface area contributed by atoms with Crippen LogP contribution in [0.25, 0.3) is 0 Å². The Kier molecular flexibility index (Phi) is 6.45. The van der Waals surface area contributed by atoms with Gasteiger partial charge in [-0.15, -0.1) is 12.4 Å². The normalized spacial score (nSPS) is 9.33. The highest BCUT2D eigenvalue weighted by Gasteiger charge is 1.98. The van der Waals surface area contributed by atoms with E-state index in [0.29, 0.717) is 12.1 Å². The maximum Gasteiger partial charge on any atom is 0.303 e. The van der Waals surface area contributed by atoms with Gasteiger partial charge in [0.05, 0.1) is 5.69 Å². The van der Waals surface area contributed by atoms with Crippen molar-refractivity contribution in [2.75, 3.05) is 5.73 Å². The number of aryl methyl sites for hydroxylation is 1. The van der Waals surface area contributed by atoms with E-state index in [2.05, 4.69) is 4.98 Å². The van der Waals surface area contributed by atoms with Gasteiger partial charge in [0, 0.05) is 18.8 Å². The van der Waals surface area contributed by atoms with E-state index in [-0.39, 0.29) is 18.8 Å². The fourth-order valence-electron chi connectivity index (χ4n) is 1.25. The lowest BCUT2D eigenvalue weighted by Gasteiger charge is -2.00. The van der Waals surface area contributed by atoms with Gasteiger partial charge in [-0.25, -0.2) is 0 Å². The second-order valence-electron chi connectivity index (χ2n) is 3.23. The molecule has 1 aromatic heterocycles. The predicted octanol–water partition coefficient (Wildman–Crippen LogP) is 1.88. The van der Waals surface area contributed by atoms with Crippen LogP contribution in [0, 0.1) is 0 Å². The summed E-state index contributed by atoms with van der Waals surface area (Å²) >= 11 is 0. The Morgan fingerprint density at radius 1 is 1.40 bits per heavy atom. The number of carboxylic acid groups (broad SMARTS) is 1. The van der Waals surface area contributed by atoms with E-state index in [4.69, 9.17) is 10.8 Å². The van der Waals surface area contributed by atoms with Crippen molar-refractivity contribution < 1.29 is 9.90 Å². The van der Waals surface area contributed by atoms with Crippen LogP contribution in [-0.4, -0.2) is 16.1 Å². The minimum atomic E-state index is -0.740. The number of nitrogens with zero attached hydrogens (tertiary/aromatic N) is 1. The molecule has 84 valence electrons. The summed E-state index contributed by atoms with van der Waals surface area (Å²) in [5, 5.41) is 8.42. The highest BCUT2D eigenvalue weighted by atomic mass is 35.5. The van der Waals surface area contributed by atoms with Crippen molar-refractivity contribution in [3.05, 3.63) is 24.0 Å². The number of aromatic nitrogens is 1. The van der Waals surface area contributed by atoms with Crippen LogP contribution in [0.4, 0.5) is 5.69 Å². The van der Waals surface area contributed by atoms with E-state index < -0.39 is 5.97 Å². The quantitative estimate of drug-likeness (QED) is 0.758. The minimum Gasteiger partial charge on any atom is -0.481 e. The summed E-state index contributed by atoms with van der Waals surface area (Å²) in [4.78, 5) is 14.2. The zero-order valence-corrected chi connectivity index (χ0v) is 9.17. The van der Waals surface area contributed by atoms with Gasteiger partial charge in [0.2, 0.25) is 0 Å². The SMILES string of the molecule is Cl.Nc1cncc(CCCCC(=O)O)c1. The van der Waals surface area contributed by atoms with Gasteiger partial charge in [-0.2, -0.15) is 0 Å². The molecule has 0 aliphatic rings. The van der Waals surface area contributed by atoms with Gasteiger partial charge in [0.25, 0.3) is 0 Å². The predicted molar refractivity (Wildman–Crippen MR) is 61.1 cm³/mol. The van der Waals surface area contributed by atoms with Crippen LogP contribution in [0.1, 0.15) is 24.8 Å². The molecule has 4 nitrogen and oxygen atoms in total. The van der Waals surface area contributed by atoms with Gasteiger partial charge in [0.1, 0.15) is 0 Å². The fourth-order valence-corrected chi connectivity index (χ4v) is 1.25. The third-order valence-corrected chi connectivity index (χ3v) is 1.92. The van der Waals surface area contributed by atoms with Gasteiger partial charge >= 0.3 is 5.97 Å². The number of aliphatic carboxylic acids is 1. The topological polar surface area (TPSA) is 76.2 Å². The lowest BCUT2D eigenvalue weighted by atomic mass is 10.1. The first-order chi connectivity index (χ1) is 6.68. The number of halogens is 1. The van der Waals surface area contributed by atoms with Crippen LogP contribution in [0.3, 0.4) is 0 Å². The van der Waals surface area contributed by atoms with Crippen molar-refractivity contribution in [2.24, 2.45) is 0 Å². The van der Waals surface area contributed by atoms with Gasteiger partial charge in [0.15, 0.2) is 0 Å². The Morgan fingerprint density at radius 3 is 2.73 bits per heavy atom. The summed E-state index contributed by atoms with van der Waals surface area (Å²) in [5.41, 5.74) is 7.27. The molecule has 1 rings (SSSR count). The zero-order chi connectivity index (χ0) is 10.4. The number of nitrogens with two attached hydrogens (primary N) is 1. The molecule has 1 heterocycles. The van der Waals surface area contributed by atoms with Crippen LogP contribution >= 0.6 is 12.4 Å². The molecular weight excluding hydrogens is 216 g/mol. The Hall–Kier alpha value is -1.29. The molecule has 0 atom stereocenters. The molecular formula is C10H15ClN2O2. The Labute approximate surface area is 94.9 Å². The van der Waals surface area contributed by atoms with Gasteiger partial charge in [-0.3, -0.25) is 9.78 Å². The maximum absolute atomic E-state index is 10.2. The number of carboxylic acids is 1. The highest BCUT2D eigenvalue weighted by molar-refractivity contribution is 5.85. The third-order valence-electron chi connectivity index (χ3n) is 1.92. The van der Waals surface area contributed by atoms with Crippen LogP contribution in [-0.2, 0) is 11.2 Å². The number of hydrogen-bond acceptors (Lipinski definition) is 3. The van der Waals surface area contributed by atoms with E-state index in [1.54, 1.807) is 12.4 Å². The molecule has 0 unspecified atom stereocenters. The molecule has 0 fully saturated rings. The molecule has 0 aliphatic heterocycles. The molecule has 5 heteroatoms. The Bertz CT molecular complexity index is 318. The molecule has 1 aromatic rings. The van der Waals surface area contributed by atoms with E-state index in [9.17, 15) is 4.79 Å². The molecule has 0 amide bonds. The van der Waals surface area contributed by atoms with Crippen molar-refractivity contribution in [1.29, 1.82) is 0 Å². The van der Waals surface area contributed by atoms with Crippen molar-refractivity contribution in [2.45, 2.75) is 25.7 Å². The fraction of sp³-hybridized carbons (Fsp3) is 0.400. The third kappa shape index (κ3) is 5.91. The average Bonchev–Trinajstić information content (AvgIpc) is 2.12. The molecule has 0 radical (unpaired) electrons.